The van der Waals surface area contributed by atoms with Crippen molar-refractivity contribution >= 4 is 21.8 Å². The van der Waals surface area contributed by atoms with Crippen LogP contribution in [0, 0.1) is 0 Å². The van der Waals surface area contributed by atoms with Crippen molar-refractivity contribution in [1.82, 2.24) is 14.9 Å². The molecular formula is C12H16BrN3O2. The van der Waals surface area contributed by atoms with E-state index in [4.69, 9.17) is 0 Å². The number of amides is 1. The molecule has 0 aliphatic carbocycles. The molecule has 18 heavy (non-hydrogen) atoms. The molecular weight excluding hydrogens is 298 g/mol. The number of aliphatic hydroxyl groups is 1. The summed E-state index contributed by atoms with van der Waals surface area (Å²) in [4.78, 5) is 22.1. The topological polar surface area (TPSA) is 66.3 Å². The first-order valence-corrected chi connectivity index (χ1v) is 6.67. The number of carbonyl (C=O) groups is 1. The van der Waals surface area contributed by atoms with Gasteiger partial charge in [0.25, 0.3) is 5.91 Å². The number of halogens is 1. The second-order valence-corrected chi connectivity index (χ2v) is 6.06. The third-order valence-corrected chi connectivity index (χ3v) is 3.62. The average Bonchev–Trinajstić information content (AvgIpc) is 2.28. The summed E-state index contributed by atoms with van der Waals surface area (Å²) in [5.41, 5.74) is -0.370. The molecule has 1 unspecified atom stereocenters. The first kappa shape index (κ1) is 13.4. The summed E-state index contributed by atoms with van der Waals surface area (Å²) in [6.07, 6.45) is 3.97. The molecule has 1 atom stereocenters. The van der Waals surface area contributed by atoms with E-state index < -0.39 is 0 Å². The first-order chi connectivity index (χ1) is 8.40. The Kier molecular flexibility index (Phi) is 3.68. The number of aromatic nitrogens is 2. The summed E-state index contributed by atoms with van der Waals surface area (Å²) >= 11 is 3.24. The van der Waals surface area contributed by atoms with Crippen molar-refractivity contribution in [1.29, 1.82) is 0 Å². The summed E-state index contributed by atoms with van der Waals surface area (Å²) in [5.74, 6) is 0.0158. The highest BCUT2D eigenvalue weighted by molar-refractivity contribution is 9.10. The average molecular weight is 314 g/mol. The molecule has 1 aromatic heterocycles. The standard InChI is InChI=1S/C12H16BrN3O2/c1-12(2)5-9(17)3-4-16(12)11(18)10-14-6-8(13)7-15-10/h6-7,9,17H,3-5H2,1-2H3. The molecule has 1 aliphatic heterocycles. The van der Waals surface area contributed by atoms with E-state index >= 15 is 0 Å². The monoisotopic (exact) mass is 313 g/mol. The van der Waals surface area contributed by atoms with Crippen molar-refractivity contribution in [3.63, 3.8) is 0 Å². The summed E-state index contributed by atoms with van der Waals surface area (Å²) < 4.78 is 0.743. The van der Waals surface area contributed by atoms with E-state index in [1.807, 2.05) is 13.8 Å². The Morgan fingerprint density at radius 1 is 1.50 bits per heavy atom. The van der Waals surface area contributed by atoms with Gasteiger partial charge in [0.15, 0.2) is 0 Å². The lowest BCUT2D eigenvalue weighted by atomic mass is 9.88. The summed E-state index contributed by atoms with van der Waals surface area (Å²) in [7, 11) is 0. The SMILES string of the molecule is CC1(C)CC(O)CCN1C(=O)c1ncc(Br)cn1. The zero-order valence-electron chi connectivity index (χ0n) is 10.4. The van der Waals surface area contributed by atoms with Gasteiger partial charge in [0.2, 0.25) is 5.82 Å². The molecule has 2 rings (SSSR count). The number of aliphatic hydroxyl groups excluding tert-OH is 1. The minimum absolute atomic E-state index is 0.181. The lowest BCUT2D eigenvalue weighted by Crippen LogP contribution is -2.54. The van der Waals surface area contributed by atoms with Gasteiger partial charge >= 0.3 is 0 Å². The van der Waals surface area contributed by atoms with Crippen LogP contribution in [0.2, 0.25) is 0 Å². The third kappa shape index (κ3) is 2.70. The van der Waals surface area contributed by atoms with Crippen LogP contribution in [-0.4, -0.2) is 44.1 Å². The highest BCUT2D eigenvalue weighted by Gasteiger charge is 2.38. The number of likely N-dealkylation sites (tertiary alicyclic amines) is 1. The summed E-state index contributed by atoms with van der Waals surface area (Å²) in [6, 6.07) is 0. The van der Waals surface area contributed by atoms with E-state index in [-0.39, 0.29) is 23.4 Å². The maximum atomic E-state index is 12.3. The van der Waals surface area contributed by atoms with E-state index in [9.17, 15) is 9.90 Å². The fourth-order valence-corrected chi connectivity index (χ4v) is 2.49. The zero-order chi connectivity index (χ0) is 13.3. The molecule has 1 saturated heterocycles. The van der Waals surface area contributed by atoms with Gasteiger partial charge in [-0.1, -0.05) is 0 Å². The van der Waals surface area contributed by atoms with Gasteiger partial charge in [-0.15, -0.1) is 0 Å². The highest BCUT2D eigenvalue weighted by atomic mass is 79.9. The van der Waals surface area contributed by atoms with Gasteiger partial charge in [-0.2, -0.15) is 0 Å². The Labute approximate surface area is 114 Å². The van der Waals surface area contributed by atoms with Crippen LogP contribution in [-0.2, 0) is 0 Å². The lowest BCUT2D eigenvalue weighted by molar-refractivity contribution is 0.00252. The molecule has 1 fully saturated rings. The number of hydrogen-bond donors (Lipinski definition) is 1. The second kappa shape index (κ2) is 4.93. The quantitative estimate of drug-likeness (QED) is 0.855. The predicted octanol–water partition coefficient (Wildman–Crippen LogP) is 1.61. The molecule has 0 saturated carbocycles. The fraction of sp³-hybridized carbons (Fsp3) is 0.583. The van der Waals surface area contributed by atoms with Crippen LogP contribution < -0.4 is 0 Å². The van der Waals surface area contributed by atoms with Crippen LogP contribution in [0.3, 0.4) is 0 Å². The Hall–Kier alpha value is -1.01. The predicted molar refractivity (Wildman–Crippen MR) is 70.1 cm³/mol. The van der Waals surface area contributed by atoms with Crippen LogP contribution in [0.15, 0.2) is 16.9 Å². The molecule has 2 heterocycles. The van der Waals surface area contributed by atoms with E-state index in [1.54, 1.807) is 17.3 Å². The second-order valence-electron chi connectivity index (χ2n) is 5.14. The maximum Gasteiger partial charge on any atom is 0.292 e. The first-order valence-electron chi connectivity index (χ1n) is 5.88. The minimum atomic E-state index is -0.370. The molecule has 1 aliphatic rings. The van der Waals surface area contributed by atoms with Gasteiger partial charge in [0.1, 0.15) is 0 Å². The third-order valence-electron chi connectivity index (χ3n) is 3.21. The van der Waals surface area contributed by atoms with Crippen molar-refractivity contribution in [2.75, 3.05) is 6.54 Å². The van der Waals surface area contributed by atoms with Gasteiger partial charge < -0.3 is 10.0 Å². The maximum absolute atomic E-state index is 12.3. The van der Waals surface area contributed by atoms with Crippen LogP contribution in [0.5, 0.6) is 0 Å². The molecule has 98 valence electrons. The molecule has 1 N–H and O–H groups in total. The van der Waals surface area contributed by atoms with E-state index in [0.29, 0.717) is 19.4 Å². The normalized spacial score (nSPS) is 22.9. The lowest BCUT2D eigenvalue weighted by Gasteiger charge is -2.43. The fourth-order valence-electron chi connectivity index (χ4n) is 2.29. The Morgan fingerprint density at radius 3 is 2.67 bits per heavy atom. The largest absolute Gasteiger partial charge is 0.393 e. The number of rotatable bonds is 1. The molecule has 0 spiro atoms. The van der Waals surface area contributed by atoms with Crippen molar-refractivity contribution in [2.24, 2.45) is 0 Å². The van der Waals surface area contributed by atoms with Gasteiger partial charge in [0, 0.05) is 24.5 Å². The number of hydrogen-bond acceptors (Lipinski definition) is 4. The van der Waals surface area contributed by atoms with Crippen LogP contribution in [0.25, 0.3) is 0 Å². The molecule has 0 aromatic carbocycles. The molecule has 5 nitrogen and oxygen atoms in total. The molecule has 1 amide bonds. The van der Waals surface area contributed by atoms with Gasteiger partial charge in [-0.3, -0.25) is 4.79 Å². The van der Waals surface area contributed by atoms with Crippen LogP contribution >= 0.6 is 15.9 Å². The van der Waals surface area contributed by atoms with E-state index in [0.717, 1.165) is 4.47 Å². The van der Waals surface area contributed by atoms with Crippen LogP contribution in [0.4, 0.5) is 0 Å². The highest BCUT2D eigenvalue weighted by Crippen LogP contribution is 2.28. The molecule has 0 radical (unpaired) electrons. The smallest absolute Gasteiger partial charge is 0.292 e. The number of nitrogens with zero attached hydrogens (tertiary/aromatic N) is 3. The van der Waals surface area contributed by atoms with E-state index in [1.165, 1.54) is 0 Å². The van der Waals surface area contributed by atoms with Gasteiger partial charge in [-0.05, 0) is 42.6 Å². The van der Waals surface area contributed by atoms with Crippen molar-refractivity contribution < 1.29 is 9.90 Å². The Bertz CT molecular complexity index is 447. The van der Waals surface area contributed by atoms with Gasteiger partial charge in [-0.25, -0.2) is 9.97 Å². The Morgan fingerprint density at radius 2 is 2.11 bits per heavy atom. The molecule has 0 bridgehead atoms. The number of carbonyl (C=O) groups excluding carboxylic acids is 1. The molecule has 6 heteroatoms. The Balaban J connectivity index is 2.20. The zero-order valence-corrected chi connectivity index (χ0v) is 12.0. The number of piperidine rings is 1. The van der Waals surface area contributed by atoms with Gasteiger partial charge in [0.05, 0.1) is 10.6 Å². The van der Waals surface area contributed by atoms with E-state index in [2.05, 4.69) is 25.9 Å². The minimum Gasteiger partial charge on any atom is -0.393 e. The van der Waals surface area contributed by atoms with Crippen molar-refractivity contribution in [3.8, 4) is 0 Å². The molecule has 1 aromatic rings. The summed E-state index contributed by atoms with van der Waals surface area (Å²) in [6.45, 7) is 4.44. The summed E-state index contributed by atoms with van der Waals surface area (Å²) in [5, 5.41) is 9.68. The van der Waals surface area contributed by atoms with Crippen molar-refractivity contribution in [2.45, 2.75) is 38.3 Å². The van der Waals surface area contributed by atoms with Crippen LogP contribution in [0.1, 0.15) is 37.3 Å². The van der Waals surface area contributed by atoms with Crippen molar-refractivity contribution in [3.05, 3.63) is 22.7 Å².